The van der Waals surface area contributed by atoms with Crippen molar-refractivity contribution < 1.29 is 0 Å². The zero-order chi connectivity index (χ0) is 11.3. The van der Waals surface area contributed by atoms with Crippen molar-refractivity contribution in [2.75, 3.05) is 13.1 Å². The second kappa shape index (κ2) is 5.75. The summed E-state index contributed by atoms with van der Waals surface area (Å²) in [6, 6.07) is 7.77. The van der Waals surface area contributed by atoms with Crippen LogP contribution in [0.1, 0.15) is 13.8 Å². The van der Waals surface area contributed by atoms with E-state index in [-0.39, 0.29) is 0 Å². The SMILES string of the molecule is CCN(CC)C(N)=Nc1ccc(Br)cc1. The largest absolute Gasteiger partial charge is 0.369 e. The minimum Gasteiger partial charge on any atom is -0.369 e. The smallest absolute Gasteiger partial charge is 0.196 e. The van der Waals surface area contributed by atoms with Gasteiger partial charge in [-0.25, -0.2) is 4.99 Å². The van der Waals surface area contributed by atoms with Gasteiger partial charge in [0, 0.05) is 17.6 Å². The lowest BCUT2D eigenvalue weighted by Crippen LogP contribution is -2.36. The summed E-state index contributed by atoms with van der Waals surface area (Å²) in [5.74, 6) is 0.572. The number of hydrogen-bond donors (Lipinski definition) is 1. The van der Waals surface area contributed by atoms with Gasteiger partial charge in [0.1, 0.15) is 0 Å². The van der Waals surface area contributed by atoms with Crippen molar-refractivity contribution in [3.63, 3.8) is 0 Å². The fourth-order valence-electron chi connectivity index (χ4n) is 1.27. The topological polar surface area (TPSA) is 41.6 Å². The number of hydrogen-bond acceptors (Lipinski definition) is 1. The lowest BCUT2D eigenvalue weighted by molar-refractivity contribution is 0.460. The van der Waals surface area contributed by atoms with Gasteiger partial charge in [0.15, 0.2) is 5.96 Å². The van der Waals surface area contributed by atoms with E-state index >= 15 is 0 Å². The Morgan fingerprint density at radius 2 is 1.80 bits per heavy atom. The number of aliphatic imine (C=N–C) groups is 1. The highest BCUT2D eigenvalue weighted by atomic mass is 79.9. The molecule has 0 amide bonds. The molecule has 0 unspecified atom stereocenters. The van der Waals surface area contributed by atoms with Crippen molar-refractivity contribution in [3.8, 4) is 0 Å². The molecule has 15 heavy (non-hydrogen) atoms. The molecular weight excluding hydrogens is 254 g/mol. The maximum atomic E-state index is 5.87. The van der Waals surface area contributed by atoms with Gasteiger partial charge < -0.3 is 10.6 Å². The Kier molecular flexibility index (Phi) is 4.62. The number of rotatable bonds is 3. The second-order valence-electron chi connectivity index (χ2n) is 3.12. The van der Waals surface area contributed by atoms with Gasteiger partial charge >= 0.3 is 0 Å². The Morgan fingerprint density at radius 1 is 1.27 bits per heavy atom. The molecule has 82 valence electrons. The zero-order valence-electron chi connectivity index (χ0n) is 9.07. The van der Waals surface area contributed by atoms with Crippen LogP contribution in [0.5, 0.6) is 0 Å². The maximum absolute atomic E-state index is 5.87. The minimum atomic E-state index is 0.572. The van der Waals surface area contributed by atoms with E-state index in [9.17, 15) is 0 Å². The average Bonchev–Trinajstić information content (AvgIpc) is 2.23. The predicted molar refractivity (Wildman–Crippen MR) is 68.3 cm³/mol. The number of benzene rings is 1. The Labute approximate surface area is 99.1 Å². The lowest BCUT2D eigenvalue weighted by Gasteiger charge is -2.19. The van der Waals surface area contributed by atoms with Crippen LogP contribution in [0.2, 0.25) is 0 Å². The summed E-state index contributed by atoms with van der Waals surface area (Å²) in [7, 11) is 0. The summed E-state index contributed by atoms with van der Waals surface area (Å²) in [5.41, 5.74) is 6.75. The molecular formula is C11H16BrN3. The molecule has 0 saturated carbocycles. The predicted octanol–water partition coefficient (Wildman–Crippen LogP) is 2.74. The molecule has 3 nitrogen and oxygen atoms in total. The summed E-state index contributed by atoms with van der Waals surface area (Å²) in [5, 5.41) is 0. The molecule has 0 spiro atoms. The van der Waals surface area contributed by atoms with Crippen LogP contribution in [-0.4, -0.2) is 23.9 Å². The van der Waals surface area contributed by atoms with Gasteiger partial charge in [0.2, 0.25) is 0 Å². The number of halogens is 1. The third-order valence-electron chi connectivity index (χ3n) is 2.16. The van der Waals surface area contributed by atoms with E-state index in [1.807, 2.05) is 29.2 Å². The van der Waals surface area contributed by atoms with Gasteiger partial charge in [-0.1, -0.05) is 15.9 Å². The van der Waals surface area contributed by atoms with Gasteiger partial charge in [0.25, 0.3) is 0 Å². The third-order valence-corrected chi connectivity index (χ3v) is 2.69. The van der Waals surface area contributed by atoms with E-state index in [2.05, 4.69) is 34.8 Å². The van der Waals surface area contributed by atoms with E-state index in [1.165, 1.54) is 0 Å². The molecule has 0 atom stereocenters. The third kappa shape index (κ3) is 3.55. The molecule has 0 aliphatic carbocycles. The van der Waals surface area contributed by atoms with E-state index in [4.69, 9.17) is 5.73 Å². The minimum absolute atomic E-state index is 0.572. The molecule has 0 aliphatic rings. The molecule has 0 heterocycles. The van der Waals surface area contributed by atoms with E-state index < -0.39 is 0 Å². The molecule has 0 bridgehead atoms. The highest BCUT2D eigenvalue weighted by Gasteiger charge is 2.01. The Hall–Kier alpha value is -1.03. The monoisotopic (exact) mass is 269 g/mol. The lowest BCUT2D eigenvalue weighted by atomic mass is 10.3. The van der Waals surface area contributed by atoms with Crippen molar-refractivity contribution in [1.29, 1.82) is 0 Å². The summed E-state index contributed by atoms with van der Waals surface area (Å²) in [6.07, 6.45) is 0. The number of nitrogens with two attached hydrogens (primary N) is 1. The molecule has 1 aromatic carbocycles. The Balaban J connectivity index is 2.81. The van der Waals surface area contributed by atoms with E-state index in [0.717, 1.165) is 23.2 Å². The first-order chi connectivity index (χ1) is 7.17. The van der Waals surface area contributed by atoms with Crippen molar-refractivity contribution in [2.45, 2.75) is 13.8 Å². The van der Waals surface area contributed by atoms with E-state index in [1.54, 1.807) is 0 Å². The van der Waals surface area contributed by atoms with Crippen molar-refractivity contribution in [3.05, 3.63) is 28.7 Å². The quantitative estimate of drug-likeness (QED) is 0.677. The van der Waals surface area contributed by atoms with Crippen LogP contribution < -0.4 is 5.73 Å². The van der Waals surface area contributed by atoms with Crippen LogP contribution in [0.25, 0.3) is 0 Å². The number of guanidine groups is 1. The summed E-state index contributed by atoms with van der Waals surface area (Å²) < 4.78 is 1.04. The Bertz CT molecular complexity index is 328. The maximum Gasteiger partial charge on any atom is 0.196 e. The molecule has 0 aromatic heterocycles. The van der Waals surface area contributed by atoms with Gasteiger partial charge in [0.05, 0.1) is 5.69 Å². The van der Waals surface area contributed by atoms with Crippen molar-refractivity contribution >= 4 is 27.6 Å². The zero-order valence-corrected chi connectivity index (χ0v) is 10.7. The fraction of sp³-hybridized carbons (Fsp3) is 0.364. The summed E-state index contributed by atoms with van der Waals surface area (Å²) >= 11 is 3.38. The Morgan fingerprint density at radius 3 is 2.27 bits per heavy atom. The fourth-order valence-corrected chi connectivity index (χ4v) is 1.53. The molecule has 0 fully saturated rings. The molecule has 4 heteroatoms. The second-order valence-corrected chi connectivity index (χ2v) is 4.03. The van der Waals surface area contributed by atoms with Crippen molar-refractivity contribution in [1.82, 2.24) is 4.90 Å². The van der Waals surface area contributed by atoms with Crippen LogP contribution in [0.3, 0.4) is 0 Å². The van der Waals surface area contributed by atoms with Gasteiger partial charge in [-0.15, -0.1) is 0 Å². The normalized spacial score (nSPS) is 11.5. The van der Waals surface area contributed by atoms with Crippen molar-refractivity contribution in [2.24, 2.45) is 10.7 Å². The number of nitrogens with zero attached hydrogens (tertiary/aromatic N) is 2. The van der Waals surface area contributed by atoms with Crippen LogP contribution in [-0.2, 0) is 0 Å². The van der Waals surface area contributed by atoms with Gasteiger partial charge in [-0.05, 0) is 38.1 Å². The molecule has 2 N–H and O–H groups in total. The van der Waals surface area contributed by atoms with Gasteiger partial charge in [-0.2, -0.15) is 0 Å². The molecule has 0 saturated heterocycles. The van der Waals surface area contributed by atoms with Crippen LogP contribution in [0.15, 0.2) is 33.7 Å². The first-order valence-corrected chi connectivity index (χ1v) is 5.81. The standard InChI is InChI=1S/C11H16BrN3/c1-3-15(4-2)11(13)14-10-7-5-9(12)6-8-10/h5-8H,3-4H2,1-2H3,(H2,13,14). The first kappa shape index (κ1) is 12.0. The highest BCUT2D eigenvalue weighted by Crippen LogP contribution is 2.16. The highest BCUT2D eigenvalue weighted by molar-refractivity contribution is 9.10. The van der Waals surface area contributed by atoms with Crippen LogP contribution in [0.4, 0.5) is 5.69 Å². The van der Waals surface area contributed by atoms with Gasteiger partial charge in [-0.3, -0.25) is 0 Å². The molecule has 0 aliphatic heterocycles. The molecule has 1 aromatic rings. The molecule has 1 rings (SSSR count). The van der Waals surface area contributed by atoms with Crippen LogP contribution in [0, 0.1) is 0 Å². The first-order valence-electron chi connectivity index (χ1n) is 5.02. The molecule has 0 radical (unpaired) electrons. The van der Waals surface area contributed by atoms with E-state index in [0.29, 0.717) is 5.96 Å². The summed E-state index contributed by atoms with van der Waals surface area (Å²) in [6.45, 7) is 5.88. The van der Waals surface area contributed by atoms with Crippen LogP contribution >= 0.6 is 15.9 Å². The summed E-state index contributed by atoms with van der Waals surface area (Å²) in [4.78, 5) is 6.36. The average molecular weight is 270 g/mol.